The second-order valence-electron chi connectivity index (χ2n) is 3.49. The number of halogens is 2. The number of carboxylic acids is 1. The summed E-state index contributed by atoms with van der Waals surface area (Å²) in [6.45, 7) is -0.455. The maximum absolute atomic E-state index is 12.9. The summed E-state index contributed by atoms with van der Waals surface area (Å²) < 4.78 is 43.1. The van der Waals surface area contributed by atoms with Gasteiger partial charge in [0.15, 0.2) is 6.10 Å². The van der Waals surface area contributed by atoms with Crippen molar-refractivity contribution < 1.29 is 27.4 Å². The summed E-state index contributed by atoms with van der Waals surface area (Å²) in [7, 11) is -2.84. The zero-order chi connectivity index (χ0) is 14.6. The normalized spacial score (nSPS) is 13.2. The summed E-state index contributed by atoms with van der Waals surface area (Å²) >= 11 is 5.47. The summed E-state index contributed by atoms with van der Waals surface area (Å²) in [5.41, 5.74) is 0. The third-order valence-electron chi connectivity index (χ3n) is 2.22. The Labute approximate surface area is 114 Å². The van der Waals surface area contributed by atoms with Crippen LogP contribution in [0.4, 0.5) is 4.39 Å². The Bertz CT molecular complexity index is 577. The first-order chi connectivity index (χ1) is 8.77. The van der Waals surface area contributed by atoms with E-state index in [1.54, 1.807) is 0 Å². The van der Waals surface area contributed by atoms with E-state index in [2.05, 4.69) is 4.74 Å². The van der Waals surface area contributed by atoms with Gasteiger partial charge in [-0.1, -0.05) is 11.6 Å². The van der Waals surface area contributed by atoms with E-state index in [4.69, 9.17) is 16.7 Å². The fourth-order valence-electron chi connectivity index (χ4n) is 1.18. The molecule has 106 valence electrons. The van der Waals surface area contributed by atoms with Crippen LogP contribution in [0.25, 0.3) is 0 Å². The highest BCUT2D eigenvalue weighted by atomic mass is 35.5. The number of hydrogen-bond acceptors (Lipinski definition) is 4. The van der Waals surface area contributed by atoms with Crippen LogP contribution in [0, 0.1) is 5.82 Å². The highest BCUT2D eigenvalue weighted by Crippen LogP contribution is 2.19. The lowest BCUT2D eigenvalue weighted by atomic mass is 10.3. The number of rotatable bonds is 6. The smallest absolute Gasteiger partial charge is 0.334 e. The van der Waals surface area contributed by atoms with Gasteiger partial charge in [-0.2, -0.15) is 0 Å². The number of hydrogen-bond donors (Lipinski definition) is 2. The molecule has 0 aliphatic carbocycles. The molecule has 0 aromatic heterocycles. The molecule has 0 aliphatic heterocycles. The van der Waals surface area contributed by atoms with Crippen LogP contribution in [-0.4, -0.2) is 39.3 Å². The number of sulfonamides is 1. The molecule has 1 unspecified atom stereocenters. The summed E-state index contributed by atoms with van der Waals surface area (Å²) in [5, 5.41) is 8.35. The Morgan fingerprint density at radius 3 is 2.68 bits per heavy atom. The van der Waals surface area contributed by atoms with Crippen LogP contribution in [-0.2, 0) is 19.6 Å². The Hall–Kier alpha value is -1.22. The van der Waals surface area contributed by atoms with Gasteiger partial charge in [-0.05, 0) is 18.2 Å². The van der Waals surface area contributed by atoms with E-state index >= 15 is 0 Å². The van der Waals surface area contributed by atoms with Crippen molar-refractivity contribution in [1.82, 2.24) is 4.72 Å². The van der Waals surface area contributed by atoms with Crippen molar-refractivity contribution in [2.45, 2.75) is 11.0 Å². The molecular formula is C10H11ClFNO5S. The van der Waals surface area contributed by atoms with Gasteiger partial charge in [0.05, 0.1) is 9.92 Å². The largest absolute Gasteiger partial charge is 0.479 e. The predicted octanol–water partition coefficient (Wildman–Crippen LogP) is 0.857. The second-order valence-corrected chi connectivity index (χ2v) is 5.66. The van der Waals surface area contributed by atoms with Crippen LogP contribution in [0.1, 0.15) is 0 Å². The molecule has 6 nitrogen and oxygen atoms in total. The molecule has 0 spiro atoms. The Morgan fingerprint density at radius 2 is 2.21 bits per heavy atom. The average Bonchev–Trinajstić information content (AvgIpc) is 2.32. The fourth-order valence-corrected chi connectivity index (χ4v) is 2.49. The third kappa shape index (κ3) is 4.13. The van der Waals surface area contributed by atoms with Gasteiger partial charge in [0.25, 0.3) is 0 Å². The van der Waals surface area contributed by atoms with Gasteiger partial charge in [0, 0.05) is 13.7 Å². The first-order valence-electron chi connectivity index (χ1n) is 4.98. The van der Waals surface area contributed by atoms with Gasteiger partial charge >= 0.3 is 5.97 Å². The molecule has 1 atom stereocenters. The molecule has 19 heavy (non-hydrogen) atoms. The number of aliphatic carboxylic acids is 1. The van der Waals surface area contributed by atoms with Gasteiger partial charge in [-0.15, -0.1) is 0 Å². The molecule has 1 rings (SSSR count). The standard InChI is InChI=1S/C10H11ClFNO5S/c1-18-9(10(14)15)5-13-19(16,17)6-2-3-8(12)7(11)4-6/h2-4,9,13H,5H2,1H3,(H,14,15). The van der Waals surface area contributed by atoms with E-state index in [1.807, 2.05) is 4.72 Å². The molecular weight excluding hydrogens is 301 g/mol. The van der Waals surface area contributed by atoms with Crippen molar-refractivity contribution in [2.24, 2.45) is 0 Å². The molecule has 0 heterocycles. The minimum Gasteiger partial charge on any atom is -0.479 e. The summed E-state index contributed by atoms with van der Waals surface area (Å²) in [6, 6.07) is 2.86. The minimum atomic E-state index is -3.98. The average molecular weight is 312 g/mol. The van der Waals surface area contributed by atoms with Crippen LogP contribution in [0.2, 0.25) is 5.02 Å². The van der Waals surface area contributed by atoms with Gasteiger partial charge in [-0.3, -0.25) is 0 Å². The van der Waals surface area contributed by atoms with Crippen molar-refractivity contribution in [3.63, 3.8) is 0 Å². The predicted molar refractivity (Wildman–Crippen MR) is 65.0 cm³/mol. The Kier molecular flexibility index (Phi) is 5.24. The first kappa shape index (κ1) is 15.8. The summed E-state index contributed by atoms with van der Waals surface area (Å²) in [6.07, 6.45) is -1.31. The molecule has 0 amide bonds. The molecule has 0 fully saturated rings. The van der Waals surface area contributed by atoms with Crippen molar-refractivity contribution in [2.75, 3.05) is 13.7 Å². The van der Waals surface area contributed by atoms with E-state index in [1.165, 1.54) is 0 Å². The number of methoxy groups -OCH3 is 1. The topological polar surface area (TPSA) is 92.7 Å². The highest BCUT2D eigenvalue weighted by Gasteiger charge is 2.21. The number of benzene rings is 1. The Morgan fingerprint density at radius 1 is 1.58 bits per heavy atom. The molecule has 1 aromatic rings. The van der Waals surface area contributed by atoms with E-state index in [-0.39, 0.29) is 9.92 Å². The SMILES string of the molecule is COC(CNS(=O)(=O)c1ccc(F)c(Cl)c1)C(=O)O. The van der Waals surface area contributed by atoms with Crippen LogP contribution in [0.3, 0.4) is 0 Å². The van der Waals surface area contributed by atoms with Crippen molar-refractivity contribution in [3.8, 4) is 0 Å². The molecule has 0 saturated heterocycles. The number of carboxylic acid groups (broad SMARTS) is 1. The quantitative estimate of drug-likeness (QED) is 0.812. The lowest BCUT2D eigenvalue weighted by molar-refractivity contribution is -0.147. The van der Waals surface area contributed by atoms with Gasteiger partial charge in [0.2, 0.25) is 10.0 Å². The first-order valence-corrected chi connectivity index (χ1v) is 6.84. The zero-order valence-corrected chi connectivity index (χ0v) is 11.3. The van der Waals surface area contributed by atoms with Gasteiger partial charge in [-0.25, -0.2) is 22.3 Å². The molecule has 2 N–H and O–H groups in total. The van der Waals surface area contributed by atoms with E-state index in [0.717, 1.165) is 25.3 Å². The maximum atomic E-state index is 12.9. The lowest BCUT2D eigenvalue weighted by Crippen LogP contribution is -2.37. The molecule has 0 aliphatic rings. The van der Waals surface area contributed by atoms with Gasteiger partial charge in [0.1, 0.15) is 5.82 Å². The van der Waals surface area contributed by atoms with Crippen LogP contribution in [0.5, 0.6) is 0 Å². The van der Waals surface area contributed by atoms with Gasteiger partial charge < -0.3 is 9.84 Å². The van der Waals surface area contributed by atoms with Crippen molar-refractivity contribution in [1.29, 1.82) is 0 Å². The zero-order valence-electron chi connectivity index (χ0n) is 9.76. The van der Waals surface area contributed by atoms with E-state index in [9.17, 15) is 17.6 Å². The summed E-state index contributed by atoms with van der Waals surface area (Å²) in [4.78, 5) is 10.4. The number of carbonyl (C=O) groups is 1. The van der Waals surface area contributed by atoms with Crippen molar-refractivity contribution in [3.05, 3.63) is 29.0 Å². The molecule has 1 aromatic carbocycles. The molecule has 0 saturated carbocycles. The van der Waals surface area contributed by atoms with Crippen LogP contribution < -0.4 is 4.72 Å². The fraction of sp³-hybridized carbons (Fsp3) is 0.300. The van der Waals surface area contributed by atoms with E-state index in [0.29, 0.717) is 0 Å². The monoisotopic (exact) mass is 311 g/mol. The third-order valence-corrected chi connectivity index (χ3v) is 3.93. The number of ether oxygens (including phenoxy) is 1. The summed E-state index contributed by atoms with van der Waals surface area (Å²) in [5.74, 6) is -2.05. The number of nitrogens with one attached hydrogen (secondary N) is 1. The molecule has 9 heteroatoms. The lowest BCUT2D eigenvalue weighted by Gasteiger charge is -2.12. The minimum absolute atomic E-state index is 0.265. The molecule has 0 radical (unpaired) electrons. The maximum Gasteiger partial charge on any atom is 0.334 e. The van der Waals surface area contributed by atoms with Crippen LogP contribution in [0.15, 0.2) is 23.1 Å². The molecule has 0 bridgehead atoms. The highest BCUT2D eigenvalue weighted by molar-refractivity contribution is 7.89. The van der Waals surface area contributed by atoms with Crippen LogP contribution >= 0.6 is 11.6 Å². The van der Waals surface area contributed by atoms with Crippen molar-refractivity contribution >= 4 is 27.6 Å². The van der Waals surface area contributed by atoms with E-state index < -0.39 is 34.5 Å². The Balaban J connectivity index is 2.86. The second kappa shape index (κ2) is 6.29.